The first-order valence-corrected chi connectivity index (χ1v) is 8.47. The lowest BCUT2D eigenvalue weighted by Crippen LogP contribution is -2.21. The summed E-state index contributed by atoms with van der Waals surface area (Å²) in [5.74, 6) is -2.84. The van der Waals surface area contributed by atoms with E-state index in [1.807, 2.05) is 6.07 Å². The van der Waals surface area contributed by atoms with Gasteiger partial charge in [0.25, 0.3) is 5.56 Å². The van der Waals surface area contributed by atoms with Crippen molar-refractivity contribution in [2.75, 3.05) is 5.32 Å². The van der Waals surface area contributed by atoms with Gasteiger partial charge in [0, 0.05) is 11.8 Å². The number of aliphatic carboxylic acids is 1. The summed E-state index contributed by atoms with van der Waals surface area (Å²) in [5.41, 5.74) is 0.680. The Balaban J connectivity index is 1.91. The number of aromatic amines is 1. The van der Waals surface area contributed by atoms with Gasteiger partial charge in [0.1, 0.15) is 0 Å². The zero-order chi connectivity index (χ0) is 20.3. The fraction of sp³-hybridized carbons (Fsp3) is 0. The number of ether oxygens (including phenoxy) is 1. The van der Waals surface area contributed by atoms with Gasteiger partial charge < -0.3 is 15.2 Å². The SMILES string of the molecule is O=C(O)C(=O)Nc1cc(Cl)c(Oc2cc(-c3ccccc3)c(=O)[nH]n2)c(Cl)c1. The molecular formula is C18H11Cl2N3O5. The Bertz CT molecular complexity index is 1090. The first-order valence-electron chi connectivity index (χ1n) is 7.71. The van der Waals surface area contributed by atoms with Gasteiger partial charge in [-0.15, -0.1) is 5.10 Å². The topological polar surface area (TPSA) is 121 Å². The highest BCUT2D eigenvalue weighted by molar-refractivity contribution is 6.39. The molecule has 10 heteroatoms. The molecule has 1 aromatic heterocycles. The van der Waals surface area contributed by atoms with Crippen LogP contribution in [0.4, 0.5) is 5.69 Å². The van der Waals surface area contributed by atoms with E-state index in [9.17, 15) is 14.4 Å². The molecule has 0 bridgehead atoms. The number of halogens is 2. The van der Waals surface area contributed by atoms with Gasteiger partial charge in [0.05, 0.1) is 15.6 Å². The molecule has 1 heterocycles. The maximum Gasteiger partial charge on any atom is 0.394 e. The summed E-state index contributed by atoms with van der Waals surface area (Å²) in [6, 6.07) is 12.9. The molecule has 0 radical (unpaired) electrons. The molecule has 0 spiro atoms. The highest BCUT2D eigenvalue weighted by Crippen LogP contribution is 2.38. The molecule has 3 rings (SSSR count). The quantitative estimate of drug-likeness (QED) is 0.555. The van der Waals surface area contributed by atoms with Gasteiger partial charge >= 0.3 is 11.9 Å². The maximum atomic E-state index is 12.0. The zero-order valence-electron chi connectivity index (χ0n) is 13.9. The van der Waals surface area contributed by atoms with Crippen LogP contribution in [0.1, 0.15) is 0 Å². The number of nitrogens with one attached hydrogen (secondary N) is 2. The van der Waals surface area contributed by atoms with E-state index < -0.39 is 17.4 Å². The monoisotopic (exact) mass is 419 g/mol. The first-order chi connectivity index (χ1) is 13.3. The van der Waals surface area contributed by atoms with Crippen molar-refractivity contribution in [2.24, 2.45) is 0 Å². The predicted octanol–water partition coefficient (Wildman–Crippen LogP) is 3.56. The smallest absolute Gasteiger partial charge is 0.394 e. The number of carbonyl (C=O) groups is 2. The van der Waals surface area contributed by atoms with Crippen LogP contribution in [0.5, 0.6) is 11.6 Å². The van der Waals surface area contributed by atoms with Crippen molar-refractivity contribution in [3.8, 4) is 22.8 Å². The number of H-pyrrole nitrogens is 1. The van der Waals surface area contributed by atoms with Crippen molar-refractivity contribution >= 4 is 40.8 Å². The van der Waals surface area contributed by atoms with Gasteiger partial charge in [0.15, 0.2) is 5.75 Å². The lowest BCUT2D eigenvalue weighted by Gasteiger charge is -2.11. The number of carbonyl (C=O) groups excluding carboxylic acids is 1. The van der Waals surface area contributed by atoms with Gasteiger partial charge in [-0.25, -0.2) is 9.89 Å². The Morgan fingerprint density at radius 3 is 2.32 bits per heavy atom. The molecule has 0 unspecified atom stereocenters. The fourth-order valence-corrected chi connectivity index (χ4v) is 2.85. The van der Waals surface area contributed by atoms with Crippen molar-refractivity contribution in [3.05, 3.63) is 68.9 Å². The Labute approximate surface area is 167 Å². The van der Waals surface area contributed by atoms with Crippen molar-refractivity contribution in [1.82, 2.24) is 10.2 Å². The van der Waals surface area contributed by atoms with E-state index in [0.29, 0.717) is 11.1 Å². The van der Waals surface area contributed by atoms with Gasteiger partial charge in [-0.2, -0.15) is 0 Å². The third-order valence-corrected chi connectivity index (χ3v) is 4.08. The molecule has 0 aliphatic rings. The molecule has 8 nitrogen and oxygen atoms in total. The van der Waals surface area contributed by atoms with Crippen LogP contribution in [0, 0.1) is 0 Å². The van der Waals surface area contributed by atoms with Gasteiger partial charge in [-0.05, 0) is 17.7 Å². The van der Waals surface area contributed by atoms with Crippen LogP contribution in [-0.4, -0.2) is 27.2 Å². The molecule has 0 fully saturated rings. The fourth-order valence-electron chi connectivity index (χ4n) is 2.29. The first kappa shape index (κ1) is 19.4. The number of benzene rings is 2. The van der Waals surface area contributed by atoms with E-state index >= 15 is 0 Å². The molecule has 0 saturated heterocycles. The summed E-state index contributed by atoms with van der Waals surface area (Å²) < 4.78 is 5.59. The molecule has 2 aromatic carbocycles. The largest absolute Gasteiger partial charge is 0.474 e. The minimum Gasteiger partial charge on any atom is -0.474 e. The van der Waals surface area contributed by atoms with Crippen LogP contribution in [-0.2, 0) is 9.59 Å². The third-order valence-electron chi connectivity index (χ3n) is 3.52. The molecule has 1 amide bonds. The van der Waals surface area contributed by atoms with Gasteiger partial charge in [-0.3, -0.25) is 9.59 Å². The molecule has 3 N–H and O–H groups in total. The standard InChI is InChI=1S/C18H11Cl2N3O5/c19-12-6-10(21-17(25)18(26)27)7-13(20)15(12)28-14-8-11(16(24)23-22-14)9-4-2-1-3-5-9/h1-8H,(H,21,25)(H,23,24)(H,26,27). The average molecular weight is 420 g/mol. The molecular weight excluding hydrogens is 409 g/mol. The second kappa shape index (κ2) is 8.12. The van der Waals surface area contributed by atoms with E-state index in [0.717, 1.165) is 0 Å². The van der Waals surface area contributed by atoms with Crippen LogP contribution in [0.2, 0.25) is 10.0 Å². The maximum absolute atomic E-state index is 12.0. The summed E-state index contributed by atoms with van der Waals surface area (Å²) >= 11 is 12.3. The van der Waals surface area contributed by atoms with Crippen LogP contribution < -0.4 is 15.6 Å². The van der Waals surface area contributed by atoms with E-state index in [1.54, 1.807) is 24.3 Å². The highest BCUT2D eigenvalue weighted by atomic mass is 35.5. The number of rotatable bonds is 4. The summed E-state index contributed by atoms with van der Waals surface area (Å²) in [5, 5.41) is 16.9. The van der Waals surface area contributed by atoms with Crippen molar-refractivity contribution in [1.29, 1.82) is 0 Å². The van der Waals surface area contributed by atoms with Gasteiger partial charge in [-0.1, -0.05) is 53.5 Å². The summed E-state index contributed by atoms with van der Waals surface area (Å²) in [6.45, 7) is 0. The minimum atomic E-state index is -1.65. The predicted molar refractivity (Wildman–Crippen MR) is 103 cm³/mol. The van der Waals surface area contributed by atoms with Gasteiger partial charge in [0.2, 0.25) is 5.88 Å². The summed E-state index contributed by atoms with van der Waals surface area (Å²) in [6.07, 6.45) is 0. The number of hydrogen-bond donors (Lipinski definition) is 3. The van der Waals surface area contributed by atoms with E-state index in [4.69, 9.17) is 33.0 Å². The number of carboxylic acids is 1. The van der Waals surface area contributed by atoms with Crippen LogP contribution in [0.25, 0.3) is 11.1 Å². The highest BCUT2D eigenvalue weighted by Gasteiger charge is 2.16. The molecule has 28 heavy (non-hydrogen) atoms. The Hall–Kier alpha value is -3.36. The Morgan fingerprint density at radius 1 is 1.07 bits per heavy atom. The lowest BCUT2D eigenvalue weighted by molar-refractivity contribution is -0.147. The molecule has 0 aliphatic heterocycles. The number of nitrogens with zero attached hydrogens (tertiary/aromatic N) is 1. The third kappa shape index (κ3) is 4.30. The second-order valence-electron chi connectivity index (χ2n) is 5.45. The number of carboxylic acid groups (broad SMARTS) is 1. The van der Waals surface area contributed by atoms with E-state index in [1.165, 1.54) is 18.2 Å². The molecule has 0 saturated carbocycles. The number of amides is 1. The number of aromatic nitrogens is 2. The Morgan fingerprint density at radius 2 is 1.71 bits per heavy atom. The second-order valence-corrected chi connectivity index (χ2v) is 6.26. The van der Waals surface area contributed by atoms with E-state index in [-0.39, 0.29) is 27.4 Å². The van der Waals surface area contributed by atoms with Crippen LogP contribution in [0.3, 0.4) is 0 Å². The van der Waals surface area contributed by atoms with Crippen LogP contribution in [0.15, 0.2) is 53.3 Å². The number of anilines is 1. The summed E-state index contributed by atoms with van der Waals surface area (Å²) in [7, 11) is 0. The molecule has 142 valence electrons. The Kier molecular flexibility index (Phi) is 5.62. The number of hydrogen-bond acceptors (Lipinski definition) is 5. The lowest BCUT2D eigenvalue weighted by atomic mass is 10.1. The average Bonchev–Trinajstić information content (AvgIpc) is 2.66. The van der Waals surface area contributed by atoms with Crippen molar-refractivity contribution < 1.29 is 19.4 Å². The summed E-state index contributed by atoms with van der Waals surface area (Å²) in [4.78, 5) is 33.9. The zero-order valence-corrected chi connectivity index (χ0v) is 15.4. The van der Waals surface area contributed by atoms with Crippen LogP contribution >= 0.6 is 23.2 Å². The molecule has 3 aromatic rings. The normalized spacial score (nSPS) is 10.4. The van der Waals surface area contributed by atoms with Crippen molar-refractivity contribution in [3.63, 3.8) is 0 Å². The minimum absolute atomic E-state index is 0.00227. The van der Waals surface area contributed by atoms with E-state index in [2.05, 4.69) is 15.5 Å². The van der Waals surface area contributed by atoms with Crippen molar-refractivity contribution in [2.45, 2.75) is 0 Å². The molecule has 0 aliphatic carbocycles. The molecule has 0 atom stereocenters.